The fourth-order valence-corrected chi connectivity index (χ4v) is 1.83. The molecule has 2 amide bonds. The second kappa shape index (κ2) is 8.30. The number of rotatable bonds is 7. The molecule has 1 aromatic rings. The first-order valence-corrected chi connectivity index (χ1v) is 6.80. The minimum Gasteiger partial charge on any atom is -0.354 e. The molecule has 1 N–H and O–H groups in total. The van der Waals surface area contributed by atoms with Crippen molar-refractivity contribution >= 4 is 11.8 Å². The van der Waals surface area contributed by atoms with Crippen LogP contribution in [0.15, 0.2) is 24.3 Å². The van der Waals surface area contributed by atoms with E-state index in [0.29, 0.717) is 25.1 Å². The van der Waals surface area contributed by atoms with Gasteiger partial charge in [0.05, 0.1) is 0 Å². The lowest BCUT2D eigenvalue weighted by molar-refractivity contribution is -0.130. The van der Waals surface area contributed by atoms with Crippen LogP contribution in [0.2, 0.25) is 0 Å². The first-order chi connectivity index (χ1) is 9.54. The first kappa shape index (κ1) is 16.1. The molecule has 0 fully saturated rings. The van der Waals surface area contributed by atoms with Gasteiger partial charge in [-0.1, -0.05) is 25.1 Å². The standard InChI is InChI=1S/C15H21FN2O2/c1-3-6-15(20)17-9-10-18(12(2)19)11-13-7-4-5-8-14(13)16/h4-5,7-8H,3,6,9-11H2,1-2H3,(H,17,20). The van der Waals surface area contributed by atoms with Gasteiger partial charge < -0.3 is 10.2 Å². The maximum Gasteiger partial charge on any atom is 0.220 e. The van der Waals surface area contributed by atoms with Crippen LogP contribution in [-0.2, 0) is 16.1 Å². The molecular formula is C15H21FN2O2. The Kier molecular flexibility index (Phi) is 6.70. The van der Waals surface area contributed by atoms with E-state index in [9.17, 15) is 14.0 Å². The summed E-state index contributed by atoms with van der Waals surface area (Å²) < 4.78 is 13.6. The number of hydrogen-bond donors (Lipinski definition) is 1. The second-order valence-electron chi connectivity index (χ2n) is 4.63. The SMILES string of the molecule is CCCC(=O)NCCN(Cc1ccccc1F)C(C)=O. The molecule has 0 bridgehead atoms. The molecule has 4 nitrogen and oxygen atoms in total. The molecule has 0 aromatic heterocycles. The highest BCUT2D eigenvalue weighted by atomic mass is 19.1. The summed E-state index contributed by atoms with van der Waals surface area (Å²) in [5, 5.41) is 2.74. The zero-order valence-electron chi connectivity index (χ0n) is 12.0. The van der Waals surface area contributed by atoms with E-state index in [4.69, 9.17) is 0 Å². The lowest BCUT2D eigenvalue weighted by Crippen LogP contribution is -2.37. The van der Waals surface area contributed by atoms with E-state index >= 15 is 0 Å². The van der Waals surface area contributed by atoms with Crippen LogP contribution in [-0.4, -0.2) is 29.8 Å². The number of nitrogens with one attached hydrogen (secondary N) is 1. The van der Waals surface area contributed by atoms with Gasteiger partial charge in [-0.2, -0.15) is 0 Å². The predicted molar refractivity (Wildman–Crippen MR) is 75.4 cm³/mol. The maximum absolute atomic E-state index is 13.6. The molecule has 0 aliphatic carbocycles. The number of nitrogens with zero attached hydrogens (tertiary/aromatic N) is 1. The molecule has 0 radical (unpaired) electrons. The van der Waals surface area contributed by atoms with Crippen LogP contribution < -0.4 is 5.32 Å². The first-order valence-electron chi connectivity index (χ1n) is 6.80. The minimum absolute atomic E-state index is 0.0260. The molecule has 0 aliphatic heterocycles. The summed E-state index contributed by atoms with van der Waals surface area (Å²) in [5.41, 5.74) is 0.475. The van der Waals surface area contributed by atoms with Crippen molar-refractivity contribution in [3.63, 3.8) is 0 Å². The summed E-state index contributed by atoms with van der Waals surface area (Å²) in [7, 11) is 0. The van der Waals surface area contributed by atoms with Crippen molar-refractivity contribution in [2.24, 2.45) is 0 Å². The van der Waals surface area contributed by atoms with Gasteiger partial charge in [-0.25, -0.2) is 4.39 Å². The van der Waals surface area contributed by atoms with E-state index in [1.54, 1.807) is 18.2 Å². The molecule has 0 spiro atoms. The maximum atomic E-state index is 13.6. The lowest BCUT2D eigenvalue weighted by atomic mass is 10.2. The van der Waals surface area contributed by atoms with E-state index in [1.807, 2.05) is 6.92 Å². The minimum atomic E-state index is -0.325. The van der Waals surface area contributed by atoms with Crippen molar-refractivity contribution < 1.29 is 14.0 Å². The van der Waals surface area contributed by atoms with Crippen molar-refractivity contribution in [2.75, 3.05) is 13.1 Å². The molecule has 0 aliphatic rings. The van der Waals surface area contributed by atoms with E-state index < -0.39 is 0 Å². The monoisotopic (exact) mass is 280 g/mol. The van der Waals surface area contributed by atoms with Gasteiger partial charge in [0.15, 0.2) is 0 Å². The Morgan fingerprint density at radius 2 is 2.00 bits per heavy atom. The Bertz CT molecular complexity index is 463. The summed E-state index contributed by atoms with van der Waals surface area (Å²) in [6.07, 6.45) is 1.27. The molecule has 110 valence electrons. The van der Waals surface area contributed by atoms with Gasteiger partial charge in [-0.15, -0.1) is 0 Å². The number of hydrogen-bond acceptors (Lipinski definition) is 2. The predicted octanol–water partition coefficient (Wildman–Crippen LogP) is 2.09. The lowest BCUT2D eigenvalue weighted by Gasteiger charge is -2.21. The summed E-state index contributed by atoms with van der Waals surface area (Å²) in [6, 6.07) is 6.37. The quantitative estimate of drug-likeness (QED) is 0.831. The zero-order valence-corrected chi connectivity index (χ0v) is 12.0. The van der Waals surface area contributed by atoms with Crippen molar-refractivity contribution in [1.29, 1.82) is 0 Å². The van der Waals surface area contributed by atoms with E-state index in [-0.39, 0.29) is 24.2 Å². The van der Waals surface area contributed by atoms with Gasteiger partial charge in [-0.05, 0) is 12.5 Å². The summed E-state index contributed by atoms with van der Waals surface area (Å²) in [6.45, 7) is 4.34. The third-order valence-electron chi connectivity index (χ3n) is 2.95. The molecular weight excluding hydrogens is 259 g/mol. The van der Waals surface area contributed by atoms with Crippen LogP contribution in [0.5, 0.6) is 0 Å². The van der Waals surface area contributed by atoms with Crippen molar-refractivity contribution in [3.05, 3.63) is 35.6 Å². The highest BCUT2D eigenvalue weighted by Gasteiger charge is 2.12. The molecule has 20 heavy (non-hydrogen) atoms. The van der Waals surface area contributed by atoms with Crippen LogP contribution in [0, 0.1) is 5.82 Å². The Morgan fingerprint density at radius 1 is 1.30 bits per heavy atom. The van der Waals surface area contributed by atoms with Crippen molar-refractivity contribution in [3.8, 4) is 0 Å². The number of carbonyl (C=O) groups excluding carboxylic acids is 2. The number of benzene rings is 1. The molecule has 0 atom stereocenters. The fourth-order valence-electron chi connectivity index (χ4n) is 1.83. The number of carbonyl (C=O) groups is 2. The molecule has 5 heteroatoms. The van der Waals surface area contributed by atoms with Crippen LogP contribution in [0.1, 0.15) is 32.3 Å². The number of amides is 2. The van der Waals surface area contributed by atoms with Gasteiger partial charge >= 0.3 is 0 Å². The van der Waals surface area contributed by atoms with E-state index in [2.05, 4.69) is 5.32 Å². The van der Waals surface area contributed by atoms with Gasteiger partial charge in [0.1, 0.15) is 5.82 Å². The molecule has 0 saturated heterocycles. The molecule has 0 saturated carbocycles. The third kappa shape index (κ3) is 5.38. The van der Waals surface area contributed by atoms with Crippen LogP contribution in [0.3, 0.4) is 0 Å². The van der Waals surface area contributed by atoms with Crippen LogP contribution in [0.25, 0.3) is 0 Å². The summed E-state index contributed by atoms with van der Waals surface area (Å²) in [4.78, 5) is 24.4. The smallest absolute Gasteiger partial charge is 0.220 e. The Balaban J connectivity index is 2.51. The average Bonchev–Trinajstić information content (AvgIpc) is 2.40. The normalized spacial score (nSPS) is 10.2. The third-order valence-corrected chi connectivity index (χ3v) is 2.95. The highest BCUT2D eigenvalue weighted by Crippen LogP contribution is 2.09. The molecule has 1 aromatic carbocycles. The summed E-state index contributed by atoms with van der Waals surface area (Å²) in [5.74, 6) is -0.492. The van der Waals surface area contributed by atoms with Crippen molar-refractivity contribution in [1.82, 2.24) is 10.2 Å². The Hall–Kier alpha value is -1.91. The second-order valence-corrected chi connectivity index (χ2v) is 4.63. The molecule has 0 heterocycles. The molecule has 1 rings (SSSR count). The van der Waals surface area contributed by atoms with Gasteiger partial charge in [0, 0.05) is 38.5 Å². The fraction of sp³-hybridized carbons (Fsp3) is 0.467. The van der Waals surface area contributed by atoms with E-state index in [1.165, 1.54) is 17.9 Å². The molecule has 0 unspecified atom stereocenters. The number of halogens is 1. The van der Waals surface area contributed by atoms with Crippen LogP contribution >= 0.6 is 0 Å². The van der Waals surface area contributed by atoms with Gasteiger partial charge in [0.25, 0.3) is 0 Å². The topological polar surface area (TPSA) is 49.4 Å². The van der Waals surface area contributed by atoms with Gasteiger partial charge in [-0.3, -0.25) is 9.59 Å². The van der Waals surface area contributed by atoms with Crippen LogP contribution in [0.4, 0.5) is 4.39 Å². The zero-order chi connectivity index (χ0) is 15.0. The Labute approximate surface area is 119 Å². The summed E-state index contributed by atoms with van der Waals surface area (Å²) >= 11 is 0. The van der Waals surface area contributed by atoms with E-state index in [0.717, 1.165) is 6.42 Å². The Morgan fingerprint density at radius 3 is 2.60 bits per heavy atom. The average molecular weight is 280 g/mol. The highest BCUT2D eigenvalue weighted by molar-refractivity contribution is 5.76. The van der Waals surface area contributed by atoms with Gasteiger partial charge in [0.2, 0.25) is 11.8 Å². The van der Waals surface area contributed by atoms with Crippen molar-refractivity contribution in [2.45, 2.75) is 33.2 Å². The largest absolute Gasteiger partial charge is 0.354 e.